The third-order valence-electron chi connectivity index (χ3n) is 10.6. The van der Waals surface area contributed by atoms with Gasteiger partial charge in [-0.15, -0.1) is 11.3 Å². The summed E-state index contributed by atoms with van der Waals surface area (Å²) in [5, 5.41) is 11.0. The Morgan fingerprint density at radius 1 is 1.04 bits per heavy atom. The van der Waals surface area contributed by atoms with Crippen LogP contribution in [0.3, 0.4) is 0 Å². The molecule has 15 heteroatoms. The van der Waals surface area contributed by atoms with Crippen LogP contribution in [0.5, 0.6) is 11.5 Å². The molecule has 300 valence electrons. The largest absolute Gasteiger partial charge is 0.512 e. The molecule has 4 heterocycles. The number of aliphatic hydroxyl groups excluding tert-OH is 1. The van der Waals surface area contributed by atoms with Crippen LogP contribution in [0, 0.1) is 5.41 Å². The average molecular weight is 796 g/mol. The van der Waals surface area contributed by atoms with Crippen LogP contribution in [0.4, 0.5) is 26.3 Å². The molecule has 2 atom stereocenters. The SMILES string of the molecule is C=C(O)C(C)(C)CCCOc1ccccc1C1CCN(C(=O)[C@]2(Oc3csc(C(F)(F)F)c3)CCCN(C(=O)c3ncccc3C(F)(F)F)[C@@H]2CCC)CC1. The summed E-state index contributed by atoms with van der Waals surface area (Å²) in [7, 11) is 0. The molecule has 2 amide bonds. The topological polar surface area (TPSA) is 92.2 Å². The van der Waals surface area contributed by atoms with E-state index in [1.54, 1.807) is 11.8 Å². The van der Waals surface area contributed by atoms with Crippen LogP contribution < -0.4 is 9.47 Å². The number of halogens is 6. The number of ether oxygens (including phenoxy) is 2. The predicted octanol–water partition coefficient (Wildman–Crippen LogP) is 10.1. The number of para-hydroxylation sites is 1. The minimum Gasteiger partial charge on any atom is -0.512 e. The van der Waals surface area contributed by atoms with Gasteiger partial charge in [0.2, 0.25) is 5.60 Å². The highest BCUT2D eigenvalue weighted by Gasteiger charge is 2.56. The Balaban J connectivity index is 1.42. The highest BCUT2D eigenvalue weighted by Crippen LogP contribution is 2.44. The second-order valence-corrected chi connectivity index (χ2v) is 15.7. The molecule has 2 aliphatic rings. The summed E-state index contributed by atoms with van der Waals surface area (Å²) in [6, 6.07) is 9.20. The maximum atomic E-state index is 14.9. The molecule has 0 unspecified atom stereocenters. The zero-order chi connectivity index (χ0) is 40.2. The van der Waals surface area contributed by atoms with Gasteiger partial charge in [0.05, 0.1) is 24.0 Å². The number of nitrogens with zero attached hydrogens (tertiary/aromatic N) is 3. The fraction of sp³-hybridized carbons (Fsp3) is 0.525. The molecule has 0 saturated carbocycles. The number of aromatic nitrogens is 1. The van der Waals surface area contributed by atoms with Gasteiger partial charge < -0.3 is 24.4 Å². The molecule has 55 heavy (non-hydrogen) atoms. The minimum atomic E-state index is -4.89. The highest BCUT2D eigenvalue weighted by atomic mass is 32.1. The van der Waals surface area contributed by atoms with Gasteiger partial charge in [-0.3, -0.25) is 14.6 Å². The number of pyridine rings is 1. The number of hydrogen-bond donors (Lipinski definition) is 1. The number of piperidine rings is 2. The standard InChI is InChI=1S/C40H47F6N3O5S/c1-5-11-32-38(54-28-24-33(55-25-28)40(44,45)46,18-9-20-49(32)35(51)34-30(39(41,42)43)13-8-19-47-34)36(52)48-21-15-27(16-22-48)29-12-6-7-14-31(29)53-23-10-17-37(3,4)26(2)50/h6-8,12-14,19,24-25,27,32,50H,2,5,9-11,15-18,20-23H2,1,3-4H3/t32-,38+/m1/s1. The first kappa shape index (κ1) is 41.9. The Bertz CT molecular complexity index is 1820. The van der Waals surface area contributed by atoms with E-state index in [0.717, 1.165) is 35.3 Å². The maximum Gasteiger partial charge on any atom is 0.425 e. The van der Waals surface area contributed by atoms with Crippen molar-refractivity contribution in [2.45, 2.75) is 102 Å². The van der Waals surface area contributed by atoms with E-state index < -0.39 is 57.4 Å². The van der Waals surface area contributed by atoms with E-state index >= 15 is 0 Å². The third kappa shape index (κ3) is 9.41. The number of carbonyl (C=O) groups excluding carboxylic acids is 2. The van der Waals surface area contributed by atoms with Gasteiger partial charge in [0.1, 0.15) is 22.1 Å². The zero-order valence-electron chi connectivity index (χ0n) is 31.1. The third-order valence-corrected chi connectivity index (χ3v) is 11.6. The van der Waals surface area contributed by atoms with E-state index in [0.29, 0.717) is 55.8 Å². The summed E-state index contributed by atoms with van der Waals surface area (Å²) in [4.78, 5) is 34.6. The monoisotopic (exact) mass is 795 g/mol. The molecule has 0 aliphatic carbocycles. The second-order valence-electron chi connectivity index (χ2n) is 14.8. The van der Waals surface area contributed by atoms with E-state index in [4.69, 9.17) is 9.47 Å². The molecule has 2 fully saturated rings. The molecule has 2 aromatic heterocycles. The van der Waals surface area contributed by atoms with Crippen molar-refractivity contribution in [3.63, 3.8) is 0 Å². The summed E-state index contributed by atoms with van der Waals surface area (Å²) in [6.45, 7) is 10.2. The van der Waals surface area contributed by atoms with E-state index in [1.807, 2.05) is 38.1 Å². The molecule has 0 bridgehead atoms. The second kappa shape index (κ2) is 16.8. The van der Waals surface area contributed by atoms with Crippen molar-refractivity contribution in [1.82, 2.24) is 14.8 Å². The van der Waals surface area contributed by atoms with Crippen molar-refractivity contribution in [3.05, 3.63) is 88.1 Å². The number of alkyl halides is 6. The van der Waals surface area contributed by atoms with Crippen LogP contribution in [-0.4, -0.2) is 69.6 Å². The van der Waals surface area contributed by atoms with Crippen molar-refractivity contribution in [3.8, 4) is 11.5 Å². The normalized spacial score (nSPS) is 20.0. The lowest BCUT2D eigenvalue weighted by atomic mass is 9.79. The number of likely N-dealkylation sites (tertiary alicyclic amines) is 2. The summed E-state index contributed by atoms with van der Waals surface area (Å²) in [6.07, 6.45) is -5.36. The average Bonchev–Trinajstić information content (AvgIpc) is 3.63. The van der Waals surface area contributed by atoms with Gasteiger partial charge in [0.25, 0.3) is 11.8 Å². The number of hydrogen-bond acceptors (Lipinski definition) is 7. The van der Waals surface area contributed by atoms with Gasteiger partial charge in [-0.1, -0.05) is 52.0 Å². The molecule has 1 aromatic carbocycles. The Morgan fingerprint density at radius 2 is 1.75 bits per heavy atom. The maximum absolute atomic E-state index is 14.9. The van der Waals surface area contributed by atoms with Crippen molar-refractivity contribution < 1.29 is 50.5 Å². The molecule has 0 radical (unpaired) electrons. The van der Waals surface area contributed by atoms with Crippen LogP contribution in [-0.2, 0) is 17.1 Å². The lowest BCUT2D eigenvalue weighted by Gasteiger charge is -2.50. The number of benzene rings is 1. The van der Waals surface area contributed by atoms with Crippen LogP contribution in [0.1, 0.15) is 105 Å². The van der Waals surface area contributed by atoms with Crippen molar-refractivity contribution in [2.24, 2.45) is 5.41 Å². The van der Waals surface area contributed by atoms with Gasteiger partial charge in [0, 0.05) is 49.1 Å². The summed E-state index contributed by atoms with van der Waals surface area (Å²) in [5.41, 5.74) is -3.41. The molecule has 8 nitrogen and oxygen atoms in total. The molecule has 3 aromatic rings. The number of thiophene rings is 1. The summed E-state index contributed by atoms with van der Waals surface area (Å²) < 4.78 is 95.8. The molecule has 2 saturated heterocycles. The molecule has 5 rings (SSSR count). The van der Waals surface area contributed by atoms with E-state index in [-0.39, 0.29) is 56.3 Å². The lowest BCUT2D eigenvalue weighted by molar-refractivity contribution is -0.160. The van der Waals surface area contributed by atoms with Crippen molar-refractivity contribution >= 4 is 23.2 Å². The van der Waals surface area contributed by atoms with Gasteiger partial charge >= 0.3 is 12.4 Å². The Labute approximate surface area is 321 Å². The highest BCUT2D eigenvalue weighted by molar-refractivity contribution is 7.10. The Morgan fingerprint density at radius 3 is 2.38 bits per heavy atom. The fourth-order valence-corrected chi connectivity index (χ4v) is 8.20. The lowest BCUT2D eigenvalue weighted by Crippen LogP contribution is -2.68. The van der Waals surface area contributed by atoms with Gasteiger partial charge in [0.15, 0.2) is 0 Å². The van der Waals surface area contributed by atoms with E-state index in [2.05, 4.69) is 11.6 Å². The Hall–Kier alpha value is -4.27. The first-order chi connectivity index (χ1) is 25.9. The number of amides is 2. The summed E-state index contributed by atoms with van der Waals surface area (Å²) in [5.74, 6) is -0.937. The zero-order valence-corrected chi connectivity index (χ0v) is 32.0. The molecular weight excluding hydrogens is 749 g/mol. The number of carbonyl (C=O) groups is 2. The van der Waals surface area contributed by atoms with Crippen LogP contribution >= 0.6 is 11.3 Å². The Kier molecular flexibility index (Phi) is 12.8. The number of aliphatic hydroxyl groups is 1. The molecule has 0 spiro atoms. The summed E-state index contributed by atoms with van der Waals surface area (Å²) >= 11 is 0.405. The fourth-order valence-electron chi connectivity index (χ4n) is 7.53. The first-order valence-electron chi connectivity index (χ1n) is 18.5. The minimum absolute atomic E-state index is 0.00168. The quantitative estimate of drug-likeness (QED) is 0.105. The van der Waals surface area contributed by atoms with Crippen LogP contribution in [0.2, 0.25) is 0 Å². The van der Waals surface area contributed by atoms with Crippen LogP contribution in [0.15, 0.2) is 66.4 Å². The molecule has 2 aliphatic heterocycles. The van der Waals surface area contributed by atoms with Crippen molar-refractivity contribution in [2.75, 3.05) is 26.2 Å². The predicted molar refractivity (Wildman–Crippen MR) is 196 cm³/mol. The smallest absolute Gasteiger partial charge is 0.425 e. The number of allylic oxidation sites excluding steroid dienone is 1. The van der Waals surface area contributed by atoms with Crippen molar-refractivity contribution in [1.29, 1.82) is 0 Å². The molecule has 1 N–H and O–H groups in total. The van der Waals surface area contributed by atoms with Crippen LogP contribution in [0.25, 0.3) is 0 Å². The number of rotatable bonds is 13. The van der Waals surface area contributed by atoms with Gasteiger partial charge in [-0.25, -0.2) is 0 Å². The van der Waals surface area contributed by atoms with Gasteiger partial charge in [-0.2, -0.15) is 26.3 Å². The van der Waals surface area contributed by atoms with E-state index in [1.165, 1.54) is 4.90 Å². The first-order valence-corrected chi connectivity index (χ1v) is 19.3. The van der Waals surface area contributed by atoms with Gasteiger partial charge in [-0.05, 0) is 68.2 Å². The van der Waals surface area contributed by atoms with E-state index in [9.17, 15) is 41.0 Å². The molecular formula is C40H47F6N3O5S.